The average molecular weight is 653 g/mol. The van der Waals surface area contributed by atoms with Gasteiger partial charge in [-0.25, -0.2) is 0 Å². The molecule has 2 aromatic heterocycles. The van der Waals surface area contributed by atoms with Crippen LogP contribution in [0.4, 0.5) is 11.4 Å². The van der Waals surface area contributed by atoms with Gasteiger partial charge in [-0.1, -0.05) is 127 Å². The van der Waals surface area contributed by atoms with E-state index in [4.69, 9.17) is 4.42 Å². The van der Waals surface area contributed by atoms with Gasteiger partial charge in [0.1, 0.15) is 11.2 Å². The SMILES string of the molecule is c1ccc(-c2cccc3c2oc2ccc(-c4ccc(Nc5ccc(-c6cccc(-n7c8ccccc8c8ccccc87)c6)cc5)cc4)cc23)cc1. The highest BCUT2D eigenvalue weighted by molar-refractivity contribution is 6.11. The molecule has 10 rings (SSSR count). The van der Waals surface area contributed by atoms with Crippen LogP contribution in [-0.2, 0) is 0 Å². The smallest absolute Gasteiger partial charge is 0.143 e. The molecule has 0 amide bonds. The van der Waals surface area contributed by atoms with E-state index in [0.717, 1.165) is 61.3 Å². The van der Waals surface area contributed by atoms with E-state index in [1.807, 2.05) is 6.07 Å². The minimum Gasteiger partial charge on any atom is -0.455 e. The minimum atomic E-state index is 0.900. The van der Waals surface area contributed by atoms with Gasteiger partial charge >= 0.3 is 0 Å². The Bertz CT molecular complexity index is 2810. The van der Waals surface area contributed by atoms with Crippen molar-refractivity contribution in [2.75, 3.05) is 5.32 Å². The molecule has 0 fully saturated rings. The van der Waals surface area contributed by atoms with Crippen molar-refractivity contribution in [2.45, 2.75) is 0 Å². The summed E-state index contributed by atoms with van der Waals surface area (Å²) in [7, 11) is 0. The topological polar surface area (TPSA) is 30.1 Å². The monoisotopic (exact) mass is 652 g/mol. The average Bonchev–Trinajstić information content (AvgIpc) is 3.74. The van der Waals surface area contributed by atoms with Crippen LogP contribution in [0, 0.1) is 0 Å². The molecule has 51 heavy (non-hydrogen) atoms. The van der Waals surface area contributed by atoms with E-state index in [1.165, 1.54) is 32.9 Å². The molecule has 0 aliphatic heterocycles. The maximum atomic E-state index is 6.39. The third-order valence-corrected chi connectivity index (χ3v) is 9.99. The Labute approximate surface area is 295 Å². The summed E-state index contributed by atoms with van der Waals surface area (Å²) in [6.07, 6.45) is 0. The molecule has 0 unspecified atom stereocenters. The van der Waals surface area contributed by atoms with Crippen molar-refractivity contribution in [1.29, 1.82) is 0 Å². The lowest BCUT2D eigenvalue weighted by Gasteiger charge is -2.11. The molecule has 3 nitrogen and oxygen atoms in total. The van der Waals surface area contributed by atoms with E-state index in [-0.39, 0.29) is 0 Å². The molecular formula is C48H32N2O. The number of para-hydroxylation sites is 3. The summed E-state index contributed by atoms with van der Waals surface area (Å²) in [5, 5.41) is 8.39. The lowest BCUT2D eigenvalue weighted by molar-refractivity contribution is 0.670. The van der Waals surface area contributed by atoms with Crippen LogP contribution in [0.15, 0.2) is 192 Å². The highest BCUT2D eigenvalue weighted by Gasteiger charge is 2.14. The fourth-order valence-corrected chi connectivity index (χ4v) is 7.51. The largest absolute Gasteiger partial charge is 0.455 e. The van der Waals surface area contributed by atoms with Crippen LogP contribution in [-0.4, -0.2) is 4.57 Å². The van der Waals surface area contributed by atoms with Gasteiger partial charge in [-0.3, -0.25) is 0 Å². The maximum absolute atomic E-state index is 6.39. The Balaban J connectivity index is 0.897. The highest BCUT2D eigenvalue weighted by atomic mass is 16.3. The van der Waals surface area contributed by atoms with Crippen molar-refractivity contribution in [2.24, 2.45) is 0 Å². The van der Waals surface area contributed by atoms with Gasteiger partial charge in [-0.15, -0.1) is 0 Å². The Kier molecular flexibility index (Phi) is 6.81. The molecule has 0 radical (unpaired) electrons. The number of nitrogens with zero attached hydrogens (tertiary/aromatic N) is 1. The lowest BCUT2D eigenvalue weighted by Crippen LogP contribution is -1.94. The molecule has 10 aromatic rings. The van der Waals surface area contributed by atoms with Gasteiger partial charge in [0.25, 0.3) is 0 Å². The van der Waals surface area contributed by atoms with Crippen molar-refractivity contribution in [1.82, 2.24) is 4.57 Å². The summed E-state index contributed by atoms with van der Waals surface area (Å²) >= 11 is 0. The Morgan fingerprint density at radius 3 is 1.61 bits per heavy atom. The summed E-state index contributed by atoms with van der Waals surface area (Å²) in [5.74, 6) is 0. The summed E-state index contributed by atoms with van der Waals surface area (Å²) in [6, 6.07) is 66.7. The number of hydrogen-bond acceptors (Lipinski definition) is 2. The molecule has 0 bridgehead atoms. The molecule has 2 heterocycles. The zero-order valence-corrected chi connectivity index (χ0v) is 27.8. The van der Waals surface area contributed by atoms with Gasteiger partial charge in [0.15, 0.2) is 0 Å². The van der Waals surface area contributed by atoms with Crippen molar-refractivity contribution in [3.8, 4) is 39.1 Å². The molecule has 0 saturated heterocycles. The van der Waals surface area contributed by atoms with Crippen LogP contribution in [0.5, 0.6) is 0 Å². The van der Waals surface area contributed by atoms with Crippen LogP contribution in [0.1, 0.15) is 0 Å². The van der Waals surface area contributed by atoms with Crippen molar-refractivity contribution < 1.29 is 4.42 Å². The van der Waals surface area contributed by atoms with Crippen LogP contribution in [0.3, 0.4) is 0 Å². The zero-order valence-electron chi connectivity index (χ0n) is 27.8. The van der Waals surface area contributed by atoms with E-state index in [0.29, 0.717) is 0 Å². The third-order valence-electron chi connectivity index (χ3n) is 9.99. The first-order valence-corrected chi connectivity index (χ1v) is 17.3. The van der Waals surface area contributed by atoms with Crippen LogP contribution in [0.25, 0.3) is 82.8 Å². The molecule has 0 aliphatic carbocycles. The van der Waals surface area contributed by atoms with E-state index < -0.39 is 0 Å². The van der Waals surface area contributed by atoms with Gasteiger partial charge in [-0.05, 0) is 88.5 Å². The number of fused-ring (bicyclic) bond motifs is 6. The van der Waals surface area contributed by atoms with E-state index in [1.54, 1.807) is 0 Å². The van der Waals surface area contributed by atoms with Crippen LogP contribution >= 0.6 is 0 Å². The second kappa shape index (κ2) is 11.9. The number of anilines is 2. The zero-order chi connectivity index (χ0) is 33.7. The Morgan fingerprint density at radius 2 is 0.922 bits per heavy atom. The maximum Gasteiger partial charge on any atom is 0.143 e. The van der Waals surface area contributed by atoms with Crippen molar-refractivity contribution in [3.05, 3.63) is 188 Å². The van der Waals surface area contributed by atoms with Crippen molar-refractivity contribution >= 4 is 55.1 Å². The lowest BCUT2D eigenvalue weighted by atomic mass is 10.00. The van der Waals surface area contributed by atoms with Gasteiger partial charge in [-0.2, -0.15) is 0 Å². The normalized spacial score (nSPS) is 11.5. The molecule has 240 valence electrons. The molecule has 3 heteroatoms. The number of furan rings is 1. The summed E-state index contributed by atoms with van der Waals surface area (Å²) in [4.78, 5) is 0. The number of hydrogen-bond donors (Lipinski definition) is 1. The first-order valence-electron chi connectivity index (χ1n) is 17.3. The molecule has 0 spiro atoms. The van der Waals surface area contributed by atoms with Crippen LogP contribution < -0.4 is 5.32 Å². The fraction of sp³-hybridized carbons (Fsp3) is 0. The van der Waals surface area contributed by atoms with Gasteiger partial charge in [0.05, 0.1) is 11.0 Å². The van der Waals surface area contributed by atoms with Gasteiger partial charge < -0.3 is 14.3 Å². The van der Waals surface area contributed by atoms with E-state index in [9.17, 15) is 0 Å². The first kappa shape index (κ1) is 29.1. The predicted octanol–water partition coefficient (Wildman–Crippen LogP) is 13.4. The number of benzene rings is 8. The molecule has 0 aliphatic rings. The number of rotatable bonds is 6. The summed E-state index contributed by atoms with van der Waals surface area (Å²) < 4.78 is 8.76. The quantitative estimate of drug-likeness (QED) is 0.194. The van der Waals surface area contributed by atoms with Gasteiger partial charge in [0.2, 0.25) is 0 Å². The summed E-state index contributed by atoms with van der Waals surface area (Å²) in [6.45, 7) is 0. The second-order valence-corrected chi connectivity index (χ2v) is 13.1. The van der Waals surface area contributed by atoms with E-state index >= 15 is 0 Å². The van der Waals surface area contributed by atoms with Gasteiger partial charge in [0, 0.05) is 44.2 Å². The highest BCUT2D eigenvalue weighted by Crippen LogP contribution is 2.38. The standard InChI is InChI=1S/C48H32N2O/c1-2-10-34(11-3-1)40-16-9-17-43-44-31-36(24-29-47(44)51-48(40)43)33-22-27-38(28-23-33)49-37-25-20-32(21-26-37)35-12-8-13-39(30-35)50-45-18-6-4-14-41(45)42-15-5-7-19-46(42)50/h1-31,49H. The first-order chi connectivity index (χ1) is 25.3. The molecule has 0 saturated carbocycles. The molecule has 8 aromatic carbocycles. The third kappa shape index (κ3) is 5.06. The summed E-state index contributed by atoms with van der Waals surface area (Å²) in [5.41, 5.74) is 14.5. The second-order valence-electron chi connectivity index (χ2n) is 13.1. The van der Waals surface area contributed by atoms with Crippen molar-refractivity contribution in [3.63, 3.8) is 0 Å². The molecule has 1 N–H and O–H groups in total. The minimum absolute atomic E-state index is 0.900. The Hall–Kier alpha value is -6.84. The Morgan fingerprint density at radius 1 is 0.373 bits per heavy atom. The molecular weight excluding hydrogens is 621 g/mol. The number of nitrogens with one attached hydrogen (secondary N) is 1. The molecule has 0 atom stereocenters. The predicted molar refractivity (Wildman–Crippen MR) is 214 cm³/mol. The number of aromatic nitrogens is 1. The fourth-order valence-electron chi connectivity index (χ4n) is 7.51. The van der Waals surface area contributed by atoms with E-state index in [2.05, 4.69) is 192 Å². The van der Waals surface area contributed by atoms with Crippen LogP contribution in [0.2, 0.25) is 0 Å².